The zero-order valence-electron chi connectivity index (χ0n) is 16.3. The van der Waals surface area contributed by atoms with E-state index >= 15 is 0 Å². The van der Waals surface area contributed by atoms with Crippen LogP contribution in [0.1, 0.15) is 35.2 Å². The molecule has 0 spiro atoms. The molecule has 3 rings (SSSR count). The van der Waals surface area contributed by atoms with Crippen molar-refractivity contribution in [3.63, 3.8) is 0 Å². The Morgan fingerprint density at radius 1 is 1.30 bits per heavy atom. The summed E-state index contributed by atoms with van der Waals surface area (Å²) in [5.41, 5.74) is -0.638. The van der Waals surface area contributed by atoms with E-state index in [1.165, 1.54) is 38.4 Å². The first-order chi connectivity index (χ1) is 14.2. The number of phenols is 1. The molecule has 0 heterocycles. The van der Waals surface area contributed by atoms with E-state index < -0.39 is 27.1 Å². The third-order valence-electron chi connectivity index (χ3n) is 5.21. The molecule has 1 fully saturated rings. The fourth-order valence-electron chi connectivity index (χ4n) is 3.35. The zero-order chi connectivity index (χ0) is 22.1. The second kappa shape index (κ2) is 8.16. The number of benzene rings is 2. The minimum Gasteiger partial charge on any atom is -0.505 e. The number of sulfonamides is 1. The van der Waals surface area contributed by atoms with Crippen LogP contribution >= 0.6 is 15.9 Å². The van der Waals surface area contributed by atoms with Crippen molar-refractivity contribution in [2.24, 2.45) is 0 Å². The molecule has 158 valence electrons. The third-order valence-corrected chi connectivity index (χ3v) is 7.09. The van der Waals surface area contributed by atoms with Crippen LogP contribution in [0.4, 0.5) is 5.69 Å². The van der Waals surface area contributed by atoms with Crippen molar-refractivity contribution in [3.05, 3.63) is 45.9 Å². The first kappa shape index (κ1) is 21.9. The maximum absolute atomic E-state index is 13.1. The van der Waals surface area contributed by atoms with Gasteiger partial charge in [-0.1, -0.05) is 15.9 Å². The van der Waals surface area contributed by atoms with Gasteiger partial charge in [0.05, 0.1) is 29.8 Å². The second-order valence-corrected chi connectivity index (χ2v) is 9.51. The molecule has 0 radical (unpaired) electrons. The van der Waals surface area contributed by atoms with Gasteiger partial charge in [0.1, 0.15) is 10.6 Å². The van der Waals surface area contributed by atoms with Crippen molar-refractivity contribution in [3.8, 4) is 17.6 Å². The summed E-state index contributed by atoms with van der Waals surface area (Å²) in [5.74, 6) is -1.01. The van der Waals surface area contributed by atoms with E-state index in [4.69, 9.17) is 4.74 Å². The lowest BCUT2D eigenvalue weighted by atomic mass is 9.65. The van der Waals surface area contributed by atoms with E-state index in [2.05, 4.69) is 32.0 Å². The predicted molar refractivity (Wildman–Crippen MR) is 114 cm³/mol. The minimum atomic E-state index is -4.19. The van der Waals surface area contributed by atoms with Crippen LogP contribution < -0.4 is 14.8 Å². The van der Waals surface area contributed by atoms with Crippen molar-refractivity contribution in [2.45, 2.75) is 29.6 Å². The normalized spacial score (nSPS) is 14.9. The van der Waals surface area contributed by atoms with Gasteiger partial charge in [0, 0.05) is 11.5 Å². The number of aromatic hydroxyl groups is 1. The highest BCUT2D eigenvalue weighted by Gasteiger charge is 2.40. The van der Waals surface area contributed by atoms with Gasteiger partial charge >= 0.3 is 0 Å². The van der Waals surface area contributed by atoms with Crippen molar-refractivity contribution in [2.75, 3.05) is 18.9 Å². The summed E-state index contributed by atoms with van der Waals surface area (Å²) >= 11 is 3.24. The summed E-state index contributed by atoms with van der Waals surface area (Å²) in [5, 5.41) is 22.7. The molecule has 3 N–H and O–H groups in total. The molecule has 8 nitrogen and oxygen atoms in total. The van der Waals surface area contributed by atoms with Gasteiger partial charge in [-0.3, -0.25) is 9.52 Å². The lowest BCUT2D eigenvalue weighted by Gasteiger charge is -2.36. The number of hydrogen-bond acceptors (Lipinski definition) is 6. The van der Waals surface area contributed by atoms with Crippen molar-refractivity contribution < 1.29 is 23.1 Å². The van der Waals surface area contributed by atoms with Crippen molar-refractivity contribution in [1.82, 2.24) is 5.32 Å². The van der Waals surface area contributed by atoms with Crippen molar-refractivity contribution in [1.29, 1.82) is 5.26 Å². The molecule has 1 aliphatic rings. The summed E-state index contributed by atoms with van der Waals surface area (Å²) in [4.78, 5) is 12.1. The zero-order valence-corrected chi connectivity index (χ0v) is 18.7. The van der Waals surface area contributed by atoms with E-state index in [9.17, 15) is 23.6 Å². The highest BCUT2D eigenvalue weighted by Crippen LogP contribution is 2.46. The summed E-state index contributed by atoms with van der Waals surface area (Å²) in [6.07, 6.45) is 2.03. The first-order valence-corrected chi connectivity index (χ1v) is 11.3. The number of phenolic OH excluding ortho intramolecular Hbond substituents is 1. The molecular formula is C20H20BrN3O5S. The van der Waals surface area contributed by atoms with E-state index in [1.54, 1.807) is 6.07 Å². The van der Waals surface area contributed by atoms with Gasteiger partial charge in [0.15, 0.2) is 5.75 Å². The topological polar surface area (TPSA) is 129 Å². The molecular weight excluding hydrogens is 474 g/mol. The minimum absolute atomic E-state index is 0.111. The number of nitrogens with zero attached hydrogens (tertiary/aromatic N) is 1. The van der Waals surface area contributed by atoms with Gasteiger partial charge in [-0.2, -0.15) is 5.26 Å². The molecule has 0 bridgehead atoms. The Bertz CT molecular complexity index is 1150. The number of nitriles is 1. The van der Waals surface area contributed by atoms with Crippen LogP contribution in [0.3, 0.4) is 0 Å². The van der Waals surface area contributed by atoms with Crippen LogP contribution in [0, 0.1) is 11.3 Å². The Hall–Kier alpha value is -2.77. The molecule has 0 atom stereocenters. The van der Waals surface area contributed by atoms with Crippen LogP contribution in [0.2, 0.25) is 0 Å². The third kappa shape index (κ3) is 3.82. The number of hydrogen-bond donors (Lipinski definition) is 3. The van der Waals surface area contributed by atoms with Gasteiger partial charge < -0.3 is 15.2 Å². The van der Waals surface area contributed by atoms with Crippen LogP contribution in [0.25, 0.3) is 0 Å². The lowest BCUT2D eigenvalue weighted by Crippen LogP contribution is -2.33. The number of ether oxygens (including phenoxy) is 1. The molecule has 2 aromatic rings. The molecule has 0 unspecified atom stereocenters. The second-order valence-electron chi connectivity index (χ2n) is 6.95. The molecule has 1 aliphatic carbocycles. The summed E-state index contributed by atoms with van der Waals surface area (Å²) in [6, 6.07) is 9.60. The molecule has 1 amide bonds. The van der Waals surface area contributed by atoms with Gasteiger partial charge in [0.25, 0.3) is 15.9 Å². The summed E-state index contributed by atoms with van der Waals surface area (Å²) < 4.78 is 34.1. The Kier molecular flexibility index (Phi) is 5.97. The molecule has 1 saturated carbocycles. The molecule has 0 aliphatic heterocycles. The quantitative estimate of drug-likeness (QED) is 0.529. The fourth-order valence-corrected chi connectivity index (χ4v) is 5.12. The smallest absolute Gasteiger partial charge is 0.265 e. The number of rotatable bonds is 6. The lowest BCUT2D eigenvalue weighted by molar-refractivity contribution is 0.0960. The monoisotopic (exact) mass is 493 g/mol. The Morgan fingerprint density at radius 2 is 2.00 bits per heavy atom. The van der Waals surface area contributed by atoms with Crippen LogP contribution in [-0.4, -0.2) is 33.6 Å². The fraction of sp³-hybridized carbons (Fsp3) is 0.300. The van der Waals surface area contributed by atoms with Crippen LogP contribution in [-0.2, 0) is 15.4 Å². The average molecular weight is 494 g/mol. The number of carbonyl (C=O) groups is 1. The molecule has 0 saturated heterocycles. The van der Waals surface area contributed by atoms with Crippen molar-refractivity contribution >= 4 is 37.5 Å². The Balaban J connectivity index is 2.15. The number of nitrogens with one attached hydrogen (secondary N) is 2. The molecule has 2 aromatic carbocycles. The SMILES string of the molecule is CNC(=O)c1cc(C2(C#N)CCC2)cc(NS(=O)(=O)c2cc(Br)ccc2OC)c1O. The van der Waals surface area contributed by atoms with Gasteiger partial charge in [0.2, 0.25) is 0 Å². The van der Waals surface area contributed by atoms with E-state index in [1.807, 2.05) is 0 Å². The highest BCUT2D eigenvalue weighted by molar-refractivity contribution is 9.10. The Morgan fingerprint density at radius 3 is 2.53 bits per heavy atom. The maximum atomic E-state index is 13.1. The van der Waals surface area contributed by atoms with Gasteiger partial charge in [-0.05, 0) is 55.2 Å². The van der Waals surface area contributed by atoms with Crippen LogP contribution in [0.15, 0.2) is 39.7 Å². The molecule has 30 heavy (non-hydrogen) atoms. The van der Waals surface area contributed by atoms with E-state index in [0.717, 1.165) is 6.42 Å². The van der Waals surface area contributed by atoms with E-state index in [-0.39, 0.29) is 21.9 Å². The number of anilines is 1. The van der Waals surface area contributed by atoms with Crippen LogP contribution in [0.5, 0.6) is 11.5 Å². The summed E-state index contributed by atoms with van der Waals surface area (Å²) in [6.45, 7) is 0. The highest BCUT2D eigenvalue weighted by atomic mass is 79.9. The summed E-state index contributed by atoms with van der Waals surface area (Å²) in [7, 11) is -1.45. The van der Waals surface area contributed by atoms with Gasteiger partial charge in [-0.25, -0.2) is 8.42 Å². The Labute approximate surface area is 183 Å². The van der Waals surface area contributed by atoms with Gasteiger partial charge in [-0.15, -0.1) is 0 Å². The van der Waals surface area contributed by atoms with E-state index in [0.29, 0.717) is 22.9 Å². The number of methoxy groups -OCH3 is 1. The first-order valence-electron chi connectivity index (χ1n) is 9.04. The predicted octanol–water partition coefficient (Wildman–Crippen LogP) is 3.27. The molecule has 10 heteroatoms. The average Bonchev–Trinajstić information content (AvgIpc) is 2.68. The largest absolute Gasteiger partial charge is 0.505 e. The maximum Gasteiger partial charge on any atom is 0.265 e. The molecule has 0 aromatic heterocycles. The number of amides is 1. The number of carbonyl (C=O) groups excluding carboxylic acids is 1. The standard InChI is InChI=1S/C20H20BrN3O5S/c1-23-19(26)14-8-12(20(11-22)6-3-7-20)9-15(18(14)25)24-30(27,28)17-10-13(21)4-5-16(17)29-2/h4-5,8-10,24-25H,3,6-7H2,1-2H3,(H,23,26). The number of halogens is 1.